The molecular weight excluding hydrogens is 260 g/mol. The van der Waals surface area contributed by atoms with Crippen molar-refractivity contribution < 1.29 is 17.7 Å². The Bertz CT molecular complexity index is 173. The molecule has 0 N–H and O–H groups in total. The lowest BCUT2D eigenvalue weighted by Crippen LogP contribution is -2.49. The van der Waals surface area contributed by atoms with Crippen molar-refractivity contribution in [2.45, 2.75) is 66.2 Å². The van der Waals surface area contributed by atoms with Gasteiger partial charge in [-0.15, -0.1) is 0 Å². The third kappa shape index (κ3) is 9.57. The fourth-order valence-corrected chi connectivity index (χ4v) is 3.81. The van der Waals surface area contributed by atoms with E-state index in [-0.39, 0.29) is 0 Å². The quantitative estimate of drug-likeness (QED) is 0.359. The SMILES string of the molecule is CCCCCCCCO[Si](OCC)(OCC)OCC. The lowest BCUT2D eigenvalue weighted by molar-refractivity contribution is -0.0280. The monoisotopic (exact) mass is 292 g/mol. The molecule has 0 aliphatic rings. The standard InChI is InChI=1S/C14H32O4Si/c1-5-9-10-11-12-13-14-18-19(15-6-2,16-7-3)17-8-4/h5-14H2,1-4H3. The highest BCUT2D eigenvalue weighted by molar-refractivity contribution is 6.53. The highest BCUT2D eigenvalue weighted by atomic mass is 28.4. The van der Waals surface area contributed by atoms with Crippen molar-refractivity contribution in [3.63, 3.8) is 0 Å². The van der Waals surface area contributed by atoms with Gasteiger partial charge >= 0.3 is 9.05 Å². The highest BCUT2D eigenvalue weighted by Gasteiger charge is 2.44. The smallest absolute Gasteiger partial charge is 0.351 e. The Balaban J connectivity index is 3.89. The molecule has 0 aromatic rings. The van der Waals surface area contributed by atoms with Crippen molar-refractivity contribution in [3.8, 4) is 0 Å². The zero-order valence-electron chi connectivity index (χ0n) is 13.2. The van der Waals surface area contributed by atoms with Crippen molar-refractivity contribution in [1.29, 1.82) is 0 Å². The van der Waals surface area contributed by atoms with E-state index in [2.05, 4.69) is 6.92 Å². The Morgan fingerprint density at radius 2 is 1.05 bits per heavy atom. The second-order valence-corrected chi connectivity index (χ2v) is 6.57. The van der Waals surface area contributed by atoms with E-state index >= 15 is 0 Å². The summed E-state index contributed by atoms with van der Waals surface area (Å²) in [7, 11) is -2.87. The van der Waals surface area contributed by atoms with Gasteiger partial charge in [0.25, 0.3) is 0 Å². The normalized spacial score (nSPS) is 12.0. The summed E-state index contributed by atoms with van der Waals surface area (Å²) in [5.74, 6) is 0. The molecule has 0 aliphatic carbocycles. The van der Waals surface area contributed by atoms with Gasteiger partial charge in [0.05, 0.1) is 0 Å². The van der Waals surface area contributed by atoms with Crippen LogP contribution in [0.25, 0.3) is 0 Å². The highest BCUT2D eigenvalue weighted by Crippen LogP contribution is 2.13. The van der Waals surface area contributed by atoms with E-state index in [1.54, 1.807) is 0 Å². The first-order valence-electron chi connectivity index (χ1n) is 7.80. The molecule has 19 heavy (non-hydrogen) atoms. The minimum atomic E-state index is -2.87. The summed E-state index contributed by atoms with van der Waals surface area (Å²) in [6.07, 6.45) is 7.47. The average Bonchev–Trinajstić information content (AvgIpc) is 2.39. The maximum Gasteiger partial charge on any atom is 0.679 e. The van der Waals surface area contributed by atoms with E-state index in [0.29, 0.717) is 26.4 Å². The van der Waals surface area contributed by atoms with Crippen LogP contribution >= 0.6 is 0 Å². The van der Waals surface area contributed by atoms with Gasteiger partial charge in [-0.05, 0) is 27.2 Å². The van der Waals surface area contributed by atoms with Crippen LogP contribution in [0.5, 0.6) is 0 Å². The summed E-state index contributed by atoms with van der Waals surface area (Å²) >= 11 is 0. The van der Waals surface area contributed by atoms with Crippen LogP contribution in [-0.4, -0.2) is 35.5 Å². The summed E-state index contributed by atoms with van der Waals surface area (Å²) < 4.78 is 22.7. The summed E-state index contributed by atoms with van der Waals surface area (Å²) in [5, 5.41) is 0. The maximum absolute atomic E-state index is 5.83. The number of hydrogen-bond donors (Lipinski definition) is 0. The molecule has 0 amide bonds. The maximum atomic E-state index is 5.83. The van der Waals surface area contributed by atoms with Crippen LogP contribution in [0.1, 0.15) is 66.2 Å². The number of rotatable bonds is 14. The Morgan fingerprint density at radius 1 is 0.579 bits per heavy atom. The molecule has 0 rings (SSSR count). The van der Waals surface area contributed by atoms with E-state index in [1.807, 2.05) is 20.8 Å². The summed E-state index contributed by atoms with van der Waals surface area (Å²) in [6.45, 7) is 10.4. The first-order valence-corrected chi connectivity index (χ1v) is 9.43. The molecule has 5 heteroatoms. The van der Waals surface area contributed by atoms with E-state index < -0.39 is 9.05 Å². The third-order valence-corrected chi connectivity index (χ3v) is 5.22. The molecular formula is C14H32O4Si. The van der Waals surface area contributed by atoms with Crippen molar-refractivity contribution in [3.05, 3.63) is 0 Å². The Labute approximate surface area is 120 Å². The number of hydrogen-bond acceptors (Lipinski definition) is 4. The van der Waals surface area contributed by atoms with Gasteiger partial charge < -0.3 is 17.7 Å². The minimum Gasteiger partial charge on any atom is -0.351 e. The fourth-order valence-electron chi connectivity index (χ4n) is 1.86. The van der Waals surface area contributed by atoms with Crippen molar-refractivity contribution in [2.75, 3.05) is 26.4 Å². The second kappa shape index (κ2) is 13.1. The average molecular weight is 292 g/mol. The molecule has 0 aliphatic heterocycles. The zero-order chi connectivity index (χ0) is 14.4. The predicted molar refractivity (Wildman–Crippen MR) is 80.0 cm³/mol. The lowest BCUT2D eigenvalue weighted by Gasteiger charge is -2.26. The number of unbranched alkanes of at least 4 members (excludes halogenated alkanes) is 5. The topological polar surface area (TPSA) is 36.9 Å². The van der Waals surface area contributed by atoms with Crippen LogP contribution in [0.15, 0.2) is 0 Å². The van der Waals surface area contributed by atoms with Crippen LogP contribution in [0.4, 0.5) is 0 Å². The molecule has 0 bridgehead atoms. The first-order chi connectivity index (χ1) is 9.24. The predicted octanol–water partition coefficient (Wildman–Crippen LogP) is 3.91. The third-order valence-electron chi connectivity index (χ3n) is 2.74. The van der Waals surface area contributed by atoms with Gasteiger partial charge in [-0.1, -0.05) is 39.0 Å². The van der Waals surface area contributed by atoms with Gasteiger partial charge in [-0.3, -0.25) is 0 Å². The Hall–Kier alpha value is 0.0569. The van der Waals surface area contributed by atoms with Crippen molar-refractivity contribution >= 4 is 9.05 Å². The minimum absolute atomic E-state index is 0.558. The van der Waals surface area contributed by atoms with Crippen LogP contribution < -0.4 is 0 Å². The van der Waals surface area contributed by atoms with Gasteiger partial charge in [0.15, 0.2) is 0 Å². The van der Waals surface area contributed by atoms with E-state index in [0.717, 1.165) is 6.42 Å². The zero-order valence-corrected chi connectivity index (χ0v) is 14.2. The van der Waals surface area contributed by atoms with Gasteiger partial charge in [-0.2, -0.15) is 0 Å². The fraction of sp³-hybridized carbons (Fsp3) is 1.00. The molecule has 0 saturated heterocycles. The molecule has 0 radical (unpaired) electrons. The molecule has 0 aromatic heterocycles. The van der Waals surface area contributed by atoms with Crippen LogP contribution in [0.2, 0.25) is 0 Å². The molecule has 4 nitrogen and oxygen atoms in total. The largest absolute Gasteiger partial charge is 0.679 e. The van der Waals surface area contributed by atoms with Crippen molar-refractivity contribution in [1.82, 2.24) is 0 Å². The summed E-state index contributed by atoms with van der Waals surface area (Å²) in [6, 6.07) is 0. The second-order valence-electron chi connectivity index (χ2n) is 4.42. The Morgan fingerprint density at radius 3 is 1.53 bits per heavy atom. The van der Waals surface area contributed by atoms with Gasteiger partial charge in [-0.25, -0.2) is 0 Å². The lowest BCUT2D eigenvalue weighted by atomic mass is 10.1. The molecule has 0 unspecified atom stereocenters. The van der Waals surface area contributed by atoms with Crippen LogP contribution in [0.3, 0.4) is 0 Å². The molecule has 0 spiro atoms. The van der Waals surface area contributed by atoms with Gasteiger partial charge in [0.1, 0.15) is 0 Å². The van der Waals surface area contributed by atoms with Crippen molar-refractivity contribution in [2.24, 2.45) is 0 Å². The molecule has 0 aromatic carbocycles. The molecule has 0 saturated carbocycles. The Kier molecular flexibility index (Phi) is 13.1. The first kappa shape index (κ1) is 19.1. The van der Waals surface area contributed by atoms with Crippen LogP contribution in [-0.2, 0) is 17.7 Å². The molecule has 0 heterocycles. The van der Waals surface area contributed by atoms with Gasteiger partial charge in [0.2, 0.25) is 0 Å². The van der Waals surface area contributed by atoms with E-state index in [9.17, 15) is 0 Å². The molecule has 0 atom stereocenters. The van der Waals surface area contributed by atoms with Crippen LogP contribution in [0, 0.1) is 0 Å². The summed E-state index contributed by atoms with van der Waals surface area (Å²) in [5.41, 5.74) is 0. The molecule has 116 valence electrons. The summed E-state index contributed by atoms with van der Waals surface area (Å²) in [4.78, 5) is 0. The molecule has 0 fully saturated rings. The van der Waals surface area contributed by atoms with E-state index in [4.69, 9.17) is 17.7 Å². The van der Waals surface area contributed by atoms with Gasteiger partial charge in [0, 0.05) is 26.4 Å². The van der Waals surface area contributed by atoms with E-state index in [1.165, 1.54) is 32.1 Å².